The van der Waals surface area contributed by atoms with Crippen molar-refractivity contribution in [1.82, 2.24) is 9.55 Å². The number of rotatable bonds is 6. The van der Waals surface area contributed by atoms with Gasteiger partial charge in [-0.25, -0.2) is 4.98 Å². The summed E-state index contributed by atoms with van der Waals surface area (Å²) in [5.41, 5.74) is 1.13. The molecule has 0 unspecified atom stereocenters. The summed E-state index contributed by atoms with van der Waals surface area (Å²) in [6, 6.07) is 10.2. The molecule has 0 amide bonds. The van der Waals surface area contributed by atoms with Crippen LogP contribution in [0.1, 0.15) is 0 Å². The molecule has 90 valence electrons. The lowest BCUT2D eigenvalue weighted by molar-refractivity contribution is 0.142. The summed E-state index contributed by atoms with van der Waals surface area (Å²) in [7, 11) is 0. The van der Waals surface area contributed by atoms with Crippen molar-refractivity contribution >= 4 is 12.6 Å². The van der Waals surface area contributed by atoms with Crippen LogP contribution < -0.4 is 0 Å². The first-order chi connectivity index (χ1) is 8.42. The van der Waals surface area contributed by atoms with Crippen molar-refractivity contribution in [2.45, 2.75) is 6.54 Å². The van der Waals surface area contributed by atoms with E-state index in [-0.39, 0.29) is 0 Å². The van der Waals surface area contributed by atoms with E-state index in [2.05, 4.69) is 34.3 Å². The molecule has 0 aliphatic heterocycles. The Morgan fingerprint density at radius 2 is 2.00 bits per heavy atom. The fourth-order valence-corrected chi connectivity index (χ4v) is 1.80. The third kappa shape index (κ3) is 3.35. The van der Waals surface area contributed by atoms with Gasteiger partial charge in [0.05, 0.1) is 13.2 Å². The summed E-state index contributed by atoms with van der Waals surface area (Å²) in [5.74, 6) is 1.75. The maximum absolute atomic E-state index is 5.42. The molecule has 0 N–H and O–H groups in total. The molecule has 0 radical (unpaired) electrons. The Balaban J connectivity index is 2.02. The van der Waals surface area contributed by atoms with Gasteiger partial charge in [0.25, 0.3) is 0 Å². The molecule has 0 aliphatic rings. The van der Waals surface area contributed by atoms with Crippen molar-refractivity contribution in [2.24, 2.45) is 0 Å². The highest BCUT2D eigenvalue weighted by Crippen LogP contribution is 2.16. The molecule has 4 heteroatoms. The van der Waals surface area contributed by atoms with Gasteiger partial charge in [0.15, 0.2) is 0 Å². The van der Waals surface area contributed by atoms with Crippen molar-refractivity contribution in [1.29, 1.82) is 0 Å². The maximum atomic E-state index is 5.42. The molecule has 1 aromatic carbocycles. The molecule has 0 atom stereocenters. The van der Waals surface area contributed by atoms with Gasteiger partial charge in [0.2, 0.25) is 0 Å². The highest BCUT2D eigenvalue weighted by Gasteiger charge is 2.04. The number of benzene rings is 1. The van der Waals surface area contributed by atoms with Gasteiger partial charge < -0.3 is 9.30 Å². The second kappa shape index (κ2) is 6.47. The summed E-state index contributed by atoms with van der Waals surface area (Å²) in [6.45, 7) is 2.20. The van der Waals surface area contributed by atoms with Crippen molar-refractivity contribution in [3.8, 4) is 11.4 Å². The summed E-state index contributed by atoms with van der Waals surface area (Å²) >= 11 is 4.10. The largest absolute Gasteiger partial charge is 0.379 e. The zero-order chi connectivity index (χ0) is 11.9. The SMILES string of the molecule is SCCOCCn1ccnc1-c1ccccc1. The molecule has 3 nitrogen and oxygen atoms in total. The molecule has 0 bridgehead atoms. The van der Waals surface area contributed by atoms with E-state index in [1.165, 1.54) is 0 Å². The minimum atomic E-state index is 0.691. The second-order valence-electron chi connectivity index (χ2n) is 3.65. The number of thiol groups is 1. The van der Waals surface area contributed by atoms with E-state index in [0.29, 0.717) is 13.2 Å². The standard InChI is InChI=1S/C13H16N2OS/c17-11-10-16-9-8-15-7-6-14-13(15)12-4-2-1-3-5-12/h1-7,17H,8-11H2. The second-order valence-corrected chi connectivity index (χ2v) is 4.09. The molecule has 2 rings (SSSR count). The predicted molar refractivity (Wildman–Crippen MR) is 72.3 cm³/mol. The molecule has 0 saturated heterocycles. The quantitative estimate of drug-likeness (QED) is 0.628. The van der Waals surface area contributed by atoms with Gasteiger partial charge in [0.1, 0.15) is 5.82 Å². The molecule has 0 spiro atoms. The average Bonchev–Trinajstić information content (AvgIpc) is 2.84. The van der Waals surface area contributed by atoms with Gasteiger partial charge in [0, 0.05) is 30.3 Å². The van der Waals surface area contributed by atoms with Gasteiger partial charge in [-0.05, 0) is 0 Å². The van der Waals surface area contributed by atoms with Crippen LogP contribution in [0.3, 0.4) is 0 Å². The van der Waals surface area contributed by atoms with Crippen LogP contribution in [0.4, 0.5) is 0 Å². The fraction of sp³-hybridized carbons (Fsp3) is 0.308. The van der Waals surface area contributed by atoms with Gasteiger partial charge in [-0.1, -0.05) is 30.3 Å². The first-order valence-corrected chi connectivity index (χ1v) is 6.30. The van der Waals surface area contributed by atoms with Gasteiger partial charge in [-0.15, -0.1) is 0 Å². The minimum absolute atomic E-state index is 0.691. The molecule has 1 aromatic heterocycles. The number of aromatic nitrogens is 2. The highest BCUT2D eigenvalue weighted by molar-refractivity contribution is 7.80. The fourth-order valence-electron chi connectivity index (χ4n) is 1.67. The Morgan fingerprint density at radius 3 is 2.76 bits per heavy atom. The maximum Gasteiger partial charge on any atom is 0.139 e. The van der Waals surface area contributed by atoms with E-state index in [4.69, 9.17) is 4.74 Å². The Morgan fingerprint density at radius 1 is 1.18 bits per heavy atom. The molecule has 0 saturated carbocycles. The first-order valence-electron chi connectivity index (χ1n) is 5.67. The van der Waals surface area contributed by atoms with Crippen LogP contribution in [0.15, 0.2) is 42.7 Å². The molecular weight excluding hydrogens is 232 g/mol. The summed E-state index contributed by atoms with van der Waals surface area (Å²) in [5, 5.41) is 0. The number of hydrogen-bond acceptors (Lipinski definition) is 3. The number of hydrogen-bond donors (Lipinski definition) is 1. The average molecular weight is 248 g/mol. The van der Waals surface area contributed by atoms with E-state index >= 15 is 0 Å². The van der Waals surface area contributed by atoms with E-state index in [1.807, 2.05) is 30.6 Å². The zero-order valence-electron chi connectivity index (χ0n) is 9.62. The molecule has 17 heavy (non-hydrogen) atoms. The van der Waals surface area contributed by atoms with Crippen LogP contribution >= 0.6 is 12.6 Å². The number of ether oxygens (including phenoxy) is 1. The van der Waals surface area contributed by atoms with Crippen molar-refractivity contribution in [2.75, 3.05) is 19.0 Å². The van der Waals surface area contributed by atoms with Crippen LogP contribution in [0.5, 0.6) is 0 Å². The Bertz CT molecular complexity index is 442. The lowest BCUT2D eigenvalue weighted by Crippen LogP contribution is -2.07. The van der Waals surface area contributed by atoms with Crippen molar-refractivity contribution in [3.05, 3.63) is 42.7 Å². The highest BCUT2D eigenvalue weighted by atomic mass is 32.1. The summed E-state index contributed by atoms with van der Waals surface area (Å²) < 4.78 is 7.53. The van der Waals surface area contributed by atoms with Crippen LogP contribution in [-0.2, 0) is 11.3 Å². The molecule has 2 aromatic rings. The molecule has 0 aliphatic carbocycles. The van der Waals surface area contributed by atoms with E-state index < -0.39 is 0 Å². The van der Waals surface area contributed by atoms with Gasteiger partial charge in [-0.2, -0.15) is 12.6 Å². The molecular formula is C13H16N2OS. The third-order valence-electron chi connectivity index (χ3n) is 2.46. The normalized spacial score (nSPS) is 10.6. The monoisotopic (exact) mass is 248 g/mol. The smallest absolute Gasteiger partial charge is 0.139 e. The van der Waals surface area contributed by atoms with Gasteiger partial charge in [-0.3, -0.25) is 0 Å². The van der Waals surface area contributed by atoms with Crippen LogP contribution in [0.2, 0.25) is 0 Å². The lowest BCUT2D eigenvalue weighted by Gasteiger charge is -2.08. The first kappa shape index (κ1) is 12.2. The summed E-state index contributed by atoms with van der Waals surface area (Å²) in [4.78, 5) is 4.38. The van der Waals surface area contributed by atoms with E-state index in [0.717, 1.165) is 23.7 Å². The third-order valence-corrected chi connectivity index (χ3v) is 2.64. The number of nitrogens with zero attached hydrogens (tertiary/aromatic N) is 2. The van der Waals surface area contributed by atoms with Crippen LogP contribution in [0.25, 0.3) is 11.4 Å². The Labute approximate surface area is 107 Å². The van der Waals surface area contributed by atoms with Crippen LogP contribution in [0, 0.1) is 0 Å². The van der Waals surface area contributed by atoms with Crippen molar-refractivity contribution in [3.63, 3.8) is 0 Å². The topological polar surface area (TPSA) is 27.1 Å². The molecule has 1 heterocycles. The molecule has 0 fully saturated rings. The van der Waals surface area contributed by atoms with Crippen LogP contribution in [-0.4, -0.2) is 28.5 Å². The van der Waals surface area contributed by atoms with Gasteiger partial charge >= 0.3 is 0 Å². The lowest BCUT2D eigenvalue weighted by atomic mass is 10.2. The Hall–Kier alpha value is -1.26. The zero-order valence-corrected chi connectivity index (χ0v) is 10.5. The minimum Gasteiger partial charge on any atom is -0.379 e. The number of imidazole rings is 1. The predicted octanol–water partition coefficient (Wildman–Crippen LogP) is 2.50. The van der Waals surface area contributed by atoms with E-state index in [9.17, 15) is 0 Å². The Kier molecular flexibility index (Phi) is 4.64. The van der Waals surface area contributed by atoms with E-state index in [1.54, 1.807) is 0 Å². The summed E-state index contributed by atoms with van der Waals surface area (Å²) in [6.07, 6.45) is 3.80. The van der Waals surface area contributed by atoms with Crippen molar-refractivity contribution < 1.29 is 4.74 Å².